The highest BCUT2D eigenvalue weighted by atomic mass is 35.5. The van der Waals surface area contributed by atoms with Crippen LogP contribution in [-0.4, -0.2) is 36.3 Å². The summed E-state index contributed by atoms with van der Waals surface area (Å²) in [5.74, 6) is -0.127. The predicted octanol–water partition coefficient (Wildman–Crippen LogP) is 3.48. The Labute approximate surface area is 158 Å². The SMILES string of the molecule is CCC(=O)Nc1cccc(C(=O)N2CCNCC2c2cccc(Cl)c2)c1. The average molecular weight is 372 g/mol. The molecular weight excluding hydrogens is 350 g/mol. The Balaban J connectivity index is 1.85. The van der Waals surface area contributed by atoms with Gasteiger partial charge in [-0.25, -0.2) is 0 Å². The van der Waals surface area contributed by atoms with Crippen LogP contribution in [0.1, 0.15) is 35.3 Å². The summed E-state index contributed by atoms with van der Waals surface area (Å²) in [6.45, 7) is 3.83. The molecule has 1 unspecified atom stereocenters. The minimum absolute atomic E-state index is 0.0518. The molecule has 1 heterocycles. The predicted molar refractivity (Wildman–Crippen MR) is 103 cm³/mol. The first-order valence-corrected chi connectivity index (χ1v) is 9.13. The minimum atomic E-state index is -0.0798. The molecule has 1 fully saturated rings. The van der Waals surface area contributed by atoms with E-state index in [2.05, 4.69) is 10.6 Å². The van der Waals surface area contributed by atoms with E-state index in [-0.39, 0.29) is 17.9 Å². The van der Waals surface area contributed by atoms with E-state index in [0.717, 1.165) is 12.1 Å². The maximum atomic E-state index is 13.1. The number of nitrogens with zero attached hydrogens (tertiary/aromatic N) is 1. The molecule has 0 aliphatic carbocycles. The number of carbonyl (C=O) groups is 2. The topological polar surface area (TPSA) is 61.4 Å². The fraction of sp³-hybridized carbons (Fsp3) is 0.300. The van der Waals surface area contributed by atoms with Gasteiger partial charge in [0.2, 0.25) is 5.91 Å². The monoisotopic (exact) mass is 371 g/mol. The Hall–Kier alpha value is -2.37. The molecule has 0 saturated carbocycles. The van der Waals surface area contributed by atoms with Crippen LogP contribution in [0.15, 0.2) is 48.5 Å². The number of hydrogen-bond donors (Lipinski definition) is 2. The van der Waals surface area contributed by atoms with Gasteiger partial charge in [-0.3, -0.25) is 9.59 Å². The van der Waals surface area contributed by atoms with Gasteiger partial charge in [0.25, 0.3) is 5.91 Å². The van der Waals surface area contributed by atoms with Gasteiger partial charge in [-0.2, -0.15) is 0 Å². The molecule has 2 aromatic rings. The molecule has 2 amide bonds. The Morgan fingerprint density at radius 1 is 1.23 bits per heavy atom. The fourth-order valence-corrected chi connectivity index (χ4v) is 3.30. The lowest BCUT2D eigenvalue weighted by atomic mass is 10.0. The summed E-state index contributed by atoms with van der Waals surface area (Å²) in [7, 11) is 0. The second-order valence-electron chi connectivity index (χ2n) is 6.26. The molecule has 1 aliphatic rings. The van der Waals surface area contributed by atoms with Crippen molar-refractivity contribution in [3.63, 3.8) is 0 Å². The van der Waals surface area contributed by atoms with Crippen LogP contribution in [0.2, 0.25) is 5.02 Å². The van der Waals surface area contributed by atoms with Gasteiger partial charge in [0.1, 0.15) is 0 Å². The lowest BCUT2D eigenvalue weighted by Crippen LogP contribution is -2.48. The second-order valence-corrected chi connectivity index (χ2v) is 6.69. The van der Waals surface area contributed by atoms with E-state index in [0.29, 0.717) is 35.8 Å². The molecule has 0 bridgehead atoms. The zero-order valence-corrected chi connectivity index (χ0v) is 15.4. The van der Waals surface area contributed by atoms with Gasteiger partial charge < -0.3 is 15.5 Å². The molecule has 6 heteroatoms. The number of halogens is 1. The third-order valence-corrected chi connectivity index (χ3v) is 4.69. The Morgan fingerprint density at radius 3 is 2.81 bits per heavy atom. The number of rotatable bonds is 4. The second kappa shape index (κ2) is 8.34. The molecule has 1 atom stereocenters. The van der Waals surface area contributed by atoms with Crippen LogP contribution >= 0.6 is 11.6 Å². The van der Waals surface area contributed by atoms with Crippen molar-refractivity contribution < 1.29 is 9.59 Å². The first kappa shape index (κ1) is 18.4. The fourth-order valence-electron chi connectivity index (χ4n) is 3.10. The molecule has 2 aromatic carbocycles. The van der Waals surface area contributed by atoms with Crippen LogP contribution in [-0.2, 0) is 4.79 Å². The highest BCUT2D eigenvalue weighted by molar-refractivity contribution is 6.30. The molecule has 2 N–H and O–H groups in total. The maximum absolute atomic E-state index is 13.1. The van der Waals surface area contributed by atoms with Gasteiger partial charge in [-0.1, -0.05) is 36.7 Å². The van der Waals surface area contributed by atoms with Crippen molar-refractivity contribution in [3.05, 3.63) is 64.7 Å². The van der Waals surface area contributed by atoms with Crippen molar-refractivity contribution in [1.82, 2.24) is 10.2 Å². The third kappa shape index (κ3) is 4.23. The van der Waals surface area contributed by atoms with E-state index in [4.69, 9.17) is 11.6 Å². The molecule has 3 rings (SSSR count). The largest absolute Gasteiger partial charge is 0.329 e. The molecule has 5 nitrogen and oxygen atoms in total. The smallest absolute Gasteiger partial charge is 0.254 e. The van der Waals surface area contributed by atoms with Crippen LogP contribution in [0.5, 0.6) is 0 Å². The van der Waals surface area contributed by atoms with E-state index in [1.54, 1.807) is 31.2 Å². The number of nitrogens with one attached hydrogen (secondary N) is 2. The van der Waals surface area contributed by atoms with Crippen LogP contribution in [0, 0.1) is 0 Å². The highest BCUT2D eigenvalue weighted by Gasteiger charge is 2.28. The summed E-state index contributed by atoms with van der Waals surface area (Å²) in [5, 5.41) is 6.80. The minimum Gasteiger partial charge on any atom is -0.329 e. The number of benzene rings is 2. The van der Waals surface area contributed by atoms with Crippen molar-refractivity contribution in [2.24, 2.45) is 0 Å². The quantitative estimate of drug-likeness (QED) is 0.865. The summed E-state index contributed by atoms with van der Waals surface area (Å²) in [5.41, 5.74) is 2.21. The van der Waals surface area contributed by atoms with Gasteiger partial charge in [-0.15, -0.1) is 0 Å². The summed E-state index contributed by atoms with van der Waals surface area (Å²) in [6, 6.07) is 14.6. The molecule has 0 spiro atoms. The summed E-state index contributed by atoms with van der Waals surface area (Å²) < 4.78 is 0. The molecule has 1 aliphatic heterocycles. The van der Waals surface area contributed by atoms with E-state index < -0.39 is 0 Å². The van der Waals surface area contributed by atoms with Crippen LogP contribution < -0.4 is 10.6 Å². The summed E-state index contributed by atoms with van der Waals surface area (Å²) >= 11 is 6.13. The van der Waals surface area contributed by atoms with Crippen molar-refractivity contribution in [3.8, 4) is 0 Å². The van der Waals surface area contributed by atoms with Crippen LogP contribution in [0.25, 0.3) is 0 Å². The summed E-state index contributed by atoms with van der Waals surface area (Å²) in [4.78, 5) is 26.6. The zero-order chi connectivity index (χ0) is 18.5. The standard InChI is InChI=1S/C20H22ClN3O2/c1-2-19(25)23-17-8-4-6-15(12-17)20(26)24-10-9-22-13-18(24)14-5-3-7-16(21)11-14/h3-8,11-12,18,22H,2,9-10,13H2,1H3,(H,23,25). The van der Waals surface area contributed by atoms with Gasteiger partial charge in [0, 0.05) is 42.3 Å². The van der Waals surface area contributed by atoms with Crippen molar-refractivity contribution in [2.75, 3.05) is 25.0 Å². The van der Waals surface area contributed by atoms with Crippen molar-refractivity contribution in [2.45, 2.75) is 19.4 Å². The average Bonchev–Trinajstić information content (AvgIpc) is 2.67. The van der Waals surface area contributed by atoms with Crippen LogP contribution in [0.4, 0.5) is 5.69 Å². The van der Waals surface area contributed by atoms with E-state index in [1.165, 1.54) is 0 Å². The van der Waals surface area contributed by atoms with Gasteiger partial charge in [-0.05, 0) is 35.9 Å². The zero-order valence-electron chi connectivity index (χ0n) is 14.7. The van der Waals surface area contributed by atoms with E-state index in [9.17, 15) is 9.59 Å². The number of piperazine rings is 1. The Morgan fingerprint density at radius 2 is 2.04 bits per heavy atom. The van der Waals surface area contributed by atoms with E-state index >= 15 is 0 Å². The molecule has 26 heavy (non-hydrogen) atoms. The van der Waals surface area contributed by atoms with Crippen molar-refractivity contribution >= 4 is 29.1 Å². The molecule has 0 radical (unpaired) electrons. The lowest BCUT2D eigenvalue weighted by Gasteiger charge is -2.36. The van der Waals surface area contributed by atoms with Crippen LogP contribution in [0.3, 0.4) is 0 Å². The van der Waals surface area contributed by atoms with Gasteiger partial charge in [0.15, 0.2) is 0 Å². The highest BCUT2D eigenvalue weighted by Crippen LogP contribution is 2.26. The van der Waals surface area contributed by atoms with Crippen molar-refractivity contribution in [1.29, 1.82) is 0 Å². The van der Waals surface area contributed by atoms with Gasteiger partial charge in [0.05, 0.1) is 6.04 Å². The molecule has 0 aromatic heterocycles. The molecule has 136 valence electrons. The Bertz CT molecular complexity index is 809. The number of hydrogen-bond acceptors (Lipinski definition) is 3. The Kier molecular flexibility index (Phi) is 5.91. The number of anilines is 1. The summed E-state index contributed by atoms with van der Waals surface area (Å²) in [6.07, 6.45) is 0.396. The lowest BCUT2D eigenvalue weighted by molar-refractivity contribution is -0.115. The number of carbonyl (C=O) groups excluding carboxylic acids is 2. The normalized spacial score (nSPS) is 17.0. The molecular formula is C20H22ClN3O2. The van der Waals surface area contributed by atoms with E-state index in [1.807, 2.05) is 29.2 Å². The first-order chi connectivity index (χ1) is 12.6. The maximum Gasteiger partial charge on any atom is 0.254 e. The molecule has 1 saturated heterocycles. The number of amides is 2. The van der Waals surface area contributed by atoms with Gasteiger partial charge >= 0.3 is 0 Å². The first-order valence-electron chi connectivity index (χ1n) is 8.75. The third-order valence-electron chi connectivity index (χ3n) is 4.45.